The van der Waals surface area contributed by atoms with Gasteiger partial charge in [-0.2, -0.15) is 0 Å². The summed E-state index contributed by atoms with van der Waals surface area (Å²) in [7, 11) is 0. The molecule has 752 valence electrons. The molecule has 6 heterocycles. The summed E-state index contributed by atoms with van der Waals surface area (Å²) in [5.41, 5.74) is 0. The standard InChI is InChI=1S/C89H160N4O36/c1-6-8-10-12-14-16-18-20-21-22-23-24-25-26-27-28-29-31-33-35-37-39-41-43-64(106)93-55(56(103)42-40-38-36-34-32-30-19-17-15-13-11-9-7-2)51-118-85-74(113)73(112)77(62(49-98)122-85)124-87-76(115)82(129-89(88(116)117)44-57(104)65(90-52(3)100)80(128-89)68(107)58(105)45-94)78(63(50-99)123-87)125-84-67(92-54(5)102)79(70(109)60(47-96)120-84)126-86-75(114)81(71(110)61(48-97)121-86)127-83-66(91-53(4)101)72(111)69(108)59(46-95)119-83/h40,42,55-63,65-87,94-99,103-105,107-115H,6-39,41,43-51H2,1-5H3,(H,90,100)(H,91,101)(H,92,102)(H,93,106)(H,116,117)/b42-40+/t55-,56+,57?,58+,59?,60?,61?,62?,63?,65+,66?,67?,68+,69-,70-,71-,72+,73+,74?,75?,76?,77+,78-,79+,80?,81-,82+,83-,84-,85+,86-,87-,89-/m0/s1. The zero-order chi connectivity index (χ0) is 94.7. The van der Waals surface area contributed by atoms with E-state index in [-0.39, 0.29) is 6.42 Å². The van der Waals surface area contributed by atoms with E-state index >= 15 is 0 Å². The minimum Gasteiger partial charge on any atom is -0.477 e. The number of rotatable bonds is 64. The third-order valence-corrected chi connectivity index (χ3v) is 25.1. The van der Waals surface area contributed by atoms with Crippen LogP contribution in [0.3, 0.4) is 0 Å². The molecule has 0 saturated carbocycles. The molecule has 6 saturated heterocycles. The number of unbranched alkanes of at least 4 members (excludes halogenated alkanes) is 33. The fraction of sp³-hybridized carbons (Fsp3) is 0.921. The Bertz CT molecular complexity index is 3110. The number of ether oxygens (including phenoxy) is 12. The molecule has 33 atom stereocenters. The fourth-order valence-electron chi connectivity index (χ4n) is 17.6. The van der Waals surface area contributed by atoms with Crippen LogP contribution in [-0.2, 0) is 80.8 Å². The summed E-state index contributed by atoms with van der Waals surface area (Å²) >= 11 is 0. The van der Waals surface area contributed by atoms with Gasteiger partial charge in [-0.05, 0) is 19.3 Å². The van der Waals surface area contributed by atoms with Crippen LogP contribution in [-0.4, -0.2) is 375 Å². The number of carbonyl (C=O) groups is 5. The van der Waals surface area contributed by atoms with Crippen LogP contribution in [0, 0.1) is 0 Å². The molecule has 0 aromatic rings. The molecule has 23 N–H and O–H groups in total. The van der Waals surface area contributed by atoms with Gasteiger partial charge in [0.1, 0.15) is 140 Å². The minimum absolute atomic E-state index is 0.113. The molecule has 129 heavy (non-hydrogen) atoms. The first-order valence-corrected chi connectivity index (χ1v) is 47.6. The Morgan fingerprint density at radius 2 is 0.783 bits per heavy atom. The maximum atomic E-state index is 14.0. The van der Waals surface area contributed by atoms with Crippen molar-refractivity contribution in [3.63, 3.8) is 0 Å². The highest BCUT2D eigenvalue weighted by Gasteiger charge is 2.63. The zero-order valence-electron chi connectivity index (χ0n) is 76.2. The van der Waals surface area contributed by atoms with Crippen LogP contribution in [0.15, 0.2) is 12.2 Å². The first kappa shape index (κ1) is 114. The monoisotopic (exact) mass is 1860 g/mol. The van der Waals surface area contributed by atoms with Crippen LogP contribution >= 0.6 is 0 Å². The van der Waals surface area contributed by atoms with Crippen molar-refractivity contribution in [2.45, 2.75) is 474 Å². The molecule has 6 rings (SSSR count). The van der Waals surface area contributed by atoms with Gasteiger partial charge in [0.15, 0.2) is 31.5 Å². The van der Waals surface area contributed by atoms with Crippen molar-refractivity contribution >= 4 is 29.6 Å². The second-order valence-corrected chi connectivity index (χ2v) is 35.6. The lowest BCUT2D eigenvalue weighted by molar-refractivity contribution is -0.404. The van der Waals surface area contributed by atoms with Gasteiger partial charge < -0.3 is 175 Å². The predicted molar refractivity (Wildman–Crippen MR) is 460 cm³/mol. The minimum atomic E-state index is -3.45. The average Bonchev–Trinajstić information content (AvgIpc) is 0.743. The van der Waals surface area contributed by atoms with Crippen molar-refractivity contribution in [1.82, 2.24) is 21.3 Å². The number of carbonyl (C=O) groups excluding carboxylic acids is 4. The van der Waals surface area contributed by atoms with E-state index in [0.29, 0.717) is 12.8 Å². The predicted octanol–water partition coefficient (Wildman–Crippen LogP) is 0.0464. The smallest absolute Gasteiger partial charge is 0.364 e. The molecule has 0 bridgehead atoms. The van der Waals surface area contributed by atoms with Crippen molar-refractivity contribution in [2.24, 2.45) is 0 Å². The van der Waals surface area contributed by atoms with Crippen LogP contribution < -0.4 is 21.3 Å². The van der Waals surface area contributed by atoms with E-state index in [1.165, 1.54) is 154 Å². The van der Waals surface area contributed by atoms with E-state index in [0.717, 1.165) is 85.0 Å². The summed E-state index contributed by atoms with van der Waals surface area (Å²) in [6.07, 6.45) is -15.7. The van der Waals surface area contributed by atoms with E-state index in [4.69, 9.17) is 56.8 Å². The van der Waals surface area contributed by atoms with Crippen LogP contribution in [0.4, 0.5) is 0 Å². The van der Waals surface area contributed by atoms with Crippen molar-refractivity contribution in [1.29, 1.82) is 0 Å². The topological polar surface area (TPSA) is 629 Å². The van der Waals surface area contributed by atoms with E-state index in [9.17, 15) is 121 Å². The van der Waals surface area contributed by atoms with Gasteiger partial charge in [0.05, 0.1) is 70.5 Å². The Morgan fingerprint density at radius 3 is 1.25 bits per heavy atom. The lowest BCUT2D eigenvalue weighted by Gasteiger charge is -2.53. The first-order valence-electron chi connectivity index (χ1n) is 47.6. The number of hydrogen-bond donors (Lipinski definition) is 23. The molecule has 0 aromatic heterocycles. The molecule has 6 fully saturated rings. The lowest BCUT2D eigenvalue weighted by atomic mass is 9.88. The number of amides is 4. The molecule has 40 nitrogen and oxygen atoms in total. The Balaban J connectivity index is 1.21. The molecule has 40 heteroatoms. The highest BCUT2D eigenvalue weighted by molar-refractivity contribution is 5.77. The molecule has 0 aliphatic carbocycles. The first-order chi connectivity index (χ1) is 61.9. The number of allylic oxidation sites excluding steroid dienone is 1. The number of carboxylic acids is 1. The Hall–Kier alpha value is -4.11. The van der Waals surface area contributed by atoms with Gasteiger partial charge >= 0.3 is 5.97 Å². The summed E-state index contributed by atoms with van der Waals surface area (Å²) in [4.78, 5) is 66.2. The molecule has 0 radical (unpaired) electrons. The summed E-state index contributed by atoms with van der Waals surface area (Å²) in [6.45, 7) is -0.0271. The van der Waals surface area contributed by atoms with Crippen molar-refractivity contribution in [3.05, 3.63) is 12.2 Å². The molecule has 4 amide bonds. The highest BCUT2D eigenvalue weighted by Crippen LogP contribution is 2.42. The van der Waals surface area contributed by atoms with E-state index < -0.39 is 284 Å². The normalized spacial score (nSPS) is 34.3. The highest BCUT2D eigenvalue weighted by atomic mass is 16.8. The summed E-state index contributed by atoms with van der Waals surface area (Å²) in [5, 5.41) is 225. The van der Waals surface area contributed by atoms with Gasteiger partial charge in [-0.1, -0.05) is 231 Å². The molecule has 6 aliphatic heterocycles. The molecule has 6 aliphatic rings. The van der Waals surface area contributed by atoms with Crippen LogP contribution in [0.1, 0.15) is 272 Å². The maximum Gasteiger partial charge on any atom is 0.364 e. The third kappa shape index (κ3) is 36.1. The number of aliphatic carboxylic acids is 1. The Labute approximate surface area is 758 Å². The number of carboxylic acid groups (broad SMARTS) is 1. The van der Waals surface area contributed by atoms with Gasteiger partial charge in [0, 0.05) is 33.6 Å². The largest absolute Gasteiger partial charge is 0.477 e. The number of aliphatic hydroxyl groups excluding tert-OH is 18. The van der Waals surface area contributed by atoms with E-state index in [1.54, 1.807) is 6.08 Å². The second kappa shape index (κ2) is 61.2. The van der Waals surface area contributed by atoms with Crippen LogP contribution in [0.2, 0.25) is 0 Å². The summed E-state index contributed by atoms with van der Waals surface area (Å²) in [6, 6.07) is -6.71. The fourth-order valence-corrected chi connectivity index (χ4v) is 17.6. The summed E-state index contributed by atoms with van der Waals surface area (Å²) < 4.78 is 72.8. The van der Waals surface area contributed by atoms with E-state index in [1.807, 2.05) is 0 Å². The van der Waals surface area contributed by atoms with Gasteiger partial charge in [-0.3, -0.25) is 19.2 Å². The number of aliphatic hydroxyl groups is 18. The van der Waals surface area contributed by atoms with Crippen molar-refractivity contribution in [2.75, 3.05) is 46.2 Å². The van der Waals surface area contributed by atoms with Gasteiger partial charge in [0.25, 0.3) is 5.79 Å². The molecule has 0 aromatic carbocycles. The molecular formula is C89H160N4O36. The molecule has 12 unspecified atom stereocenters. The summed E-state index contributed by atoms with van der Waals surface area (Å²) in [5.74, 6) is -8.75. The zero-order valence-corrected chi connectivity index (χ0v) is 76.2. The quantitative estimate of drug-likeness (QED) is 0.0282. The maximum absolute atomic E-state index is 14.0. The van der Waals surface area contributed by atoms with Gasteiger partial charge in [-0.25, -0.2) is 4.79 Å². The average molecular weight is 1860 g/mol. The molecule has 0 spiro atoms. The van der Waals surface area contributed by atoms with Crippen LogP contribution in [0.25, 0.3) is 0 Å². The second-order valence-electron chi connectivity index (χ2n) is 35.6. The van der Waals surface area contributed by atoms with Gasteiger partial charge in [0.2, 0.25) is 23.6 Å². The number of nitrogens with one attached hydrogen (secondary N) is 4. The van der Waals surface area contributed by atoms with Crippen molar-refractivity contribution in [3.8, 4) is 0 Å². The Morgan fingerprint density at radius 1 is 0.403 bits per heavy atom. The molecular weight excluding hydrogens is 1700 g/mol. The SMILES string of the molecule is CCCCCCCCCCCCC/C=C/[C@@H](O)[C@H](CO[C@@H]1OC(CO)[C@@H](O[C@@H]2OC(CO)[C@H](O[C@@H]3OC(CO)[C@H](O)[C@H](O[C@@H]4OC(CO)[C@H](O)[C@H](O[C@@H]5OC(CO)[C@H](O)[C@H](O)C5NC(C)=O)C4O)C3NC(C)=O)[C@H](O[C@]3(C(=O)O)CC(O)[C@@H](NC(C)=O)C([C@H](O)[C@H](O)CO)O3)C2O)[C@H](O)C1O)NC(=O)CCCCCCCCCCCCCCCCCCCCCCCCC. The third-order valence-electron chi connectivity index (χ3n) is 25.1. The van der Waals surface area contributed by atoms with Gasteiger partial charge in [-0.15, -0.1) is 0 Å². The Kier molecular flexibility index (Phi) is 53.9. The van der Waals surface area contributed by atoms with E-state index in [2.05, 4.69) is 35.1 Å². The van der Waals surface area contributed by atoms with Crippen molar-refractivity contribution < 1.29 is 178 Å². The number of hydrogen-bond acceptors (Lipinski definition) is 35. The van der Waals surface area contributed by atoms with Crippen LogP contribution in [0.5, 0.6) is 0 Å². The lowest BCUT2D eigenvalue weighted by Crippen LogP contribution is -2.72.